The van der Waals surface area contributed by atoms with Gasteiger partial charge in [0.05, 0.1) is 0 Å². The first kappa shape index (κ1) is 12.6. The molecule has 0 saturated heterocycles. The van der Waals surface area contributed by atoms with E-state index in [2.05, 4.69) is 49.2 Å². The van der Waals surface area contributed by atoms with Crippen LogP contribution in [0.3, 0.4) is 0 Å². The van der Waals surface area contributed by atoms with E-state index in [-0.39, 0.29) is 11.2 Å². The minimum atomic E-state index is 0.174. The van der Waals surface area contributed by atoms with Crippen molar-refractivity contribution in [1.82, 2.24) is 14.5 Å². The highest BCUT2D eigenvalue weighted by Crippen LogP contribution is 2.24. The largest absolute Gasteiger partial charge is 0.330 e. The van der Waals surface area contributed by atoms with Crippen LogP contribution in [0.5, 0.6) is 0 Å². The first-order chi connectivity index (χ1) is 8.44. The molecule has 0 atom stereocenters. The molecule has 0 saturated carbocycles. The molecule has 0 N–H and O–H groups in total. The average Bonchev–Trinajstić information content (AvgIpc) is 2.64. The van der Waals surface area contributed by atoms with Crippen LogP contribution in [-0.4, -0.2) is 22.4 Å². The molecule has 5 heteroatoms. The maximum atomic E-state index is 8.90. The highest BCUT2D eigenvalue weighted by molar-refractivity contribution is 6.08. The smallest absolute Gasteiger partial charge is 0.234 e. The summed E-state index contributed by atoms with van der Waals surface area (Å²) in [4.78, 5) is 8.36. The molecule has 0 unspecified atom stereocenters. The molecule has 18 heavy (non-hydrogen) atoms. The molecule has 0 radical (unpaired) electrons. The molecule has 92 valence electrons. The molecule has 0 aromatic carbocycles. The molecule has 4 nitrogen and oxygen atoms in total. The standard InChI is InChI=1S/C13H17BN4/c1-13(2,3)8-18-10(5-14)4-9-7-16-11(6-15)17-12(9)18/h4,7H,5,8,14H2,1-3H3. The fourth-order valence-corrected chi connectivity index (χ4v) is 2.09. The molecule has 2 rings (SSSR count). The van der Waals surface area contributed by atoms with Crippen LogP contribution in [-0.2, 0) is 12.9 Å². The normalized spacial score (nSPS) is 11.7. The van der Waals surface area contributed by atoms with Crippen molar-refractivity contribution in [2.24, 2.45) is 5.41 Å². The quantitative estimate of drug-likeness (QED) is 0.747. The minimum absolute atomic E-state index is 0.174. The van der Waals surface area contributed by atoms with Gasteiger partial charge in [-0.15, -0.1) is 0 Å². The monoisotopic (exact) mass is 240 g/mol. The Morgan fingerprint density at radius 3 is 2.72 bits per heavy atom. The van der Waals surface area contributed by atoms with Gasteiger partial charge in [0.15, 0.2) is 0 Å². The van der Waals surface area contributed by atoms with Crippen molar-refractivity contribution in [3.63, 3.8) is 0 Å². The average molecular weight is 240 g/mol. The summed E-state index contributed by atoms with van der Waals surface area (Å²) in [5.74, 6) is 0.235. The SMILES string of the molecule is BCc1cc2cnc(C#N)nc2n1CC(C)(C)C. The van der Waals surface area contributed by atoms with Crippen molar-refractivity contribution < 1.29 is 0 Å². The molecule has 0 spiro atoms. The maximum Gasteiger partial charge on any atom is 0.234 e. The highest BCUT2D eigenvalue weighted by Gasteiger charge is 2.17. The summed E-state index contributed by atoms with van der Waals surface area (Å²) in [6.07, 6.45) is 2.69. The van der Waals surface area contributed by atoms with Crippen LogP contribution in [0.2, 0.25) is 0 Å². The Balaban J connectivity index is 2.63. The van der Waals surface area contributed by atoms with Gasteiger partial charge in [-0.3, -0.25) is 0 Å². The molecular formula is C13H17BN4. The Kier molecular flexibility index (Phi) is 3.12. The zero-order chi connectivity index (χ0) is 13.3. The molecule has 0 fully saturated rings. The zero-order valence-electron chi connectivity index (χ0n) is 11.4. The first-order valence-corrected chi connectivity index (χ1v) is 6.20. The second kappa shape index (κ2) is 4.45. The summed E-state index contributed by atoms with van der Waals surface area (Å²) in [6, 6.07) is 4.11. The third-order valence-corrected chi connectivity index (χ3v) is 2.82. The summed E-state index contributed by atoms with van der Waals surface area (Å²) in [5, 5.41) is 9.91. The summed E-state index contributed by atoms with van der Waals surface area (Å²) in [6.45, 7) is 7.49. The van der Waals surface area contributed by atoms with Crippen LogP contribution in [0, 0.1) is 16.7 Å². The van der Waals surface area contributed by atoms with Gasteiger partial charge in [0, 0.05) is 23.8 Å². The number of nitriles is 1. The summed E-state index contributed by atoms with van der Waals surface area (Å²) < 4.78 is 2.21. The number of nitrogens with zero attached hydrogens (tertiary/aromatic N) is 4. The number of rotatable bonds is 2. The molecule has 0 amide bonds. The predicted molar refractivity (Wildman–Crippen MR) is 73.9 cm³/mol. The Morgan fingerprint density at radius 2 is 2.17 bits per heavy atom. The lowest BCUT2D eigenvalue weighted by atomic mass is 9.96. The molecular weight excluding hydrogens is 223 g/mol. The molecule has 0 aliphatic heterocycles. The molecule has 0 aliphatic rings. The Labute approximate surface area is 108 Å². The van der Waals surface area contributed by atoms with E-state index < -0.39 is 0 Å². The maximum absolute atomic E-state index is 8.90. The van der Waals surface area contributed by atoms with Gasteiger partial charge in [0.25, 0.3) is 0 Å². The topological polar surface area (TPSA) is 54.5 Å². The molecule has 0 aliphatic carbocycles. The fraction of sp³-hybridized carbons (Fsp3) is 0.462. The Bertz CT molecular complexity index is 616. The number of fused-ring (bicyclic) bond motifs is 1. The fourth-order valence-electron chi connectivity index (χ4n) is 2.09. The zero-order valence-corrected chi connectivity index (χ0v) is 11.4. The summed E-state index contributed by atoms with van der Waals surface area (Å²) in [5.41, 5.74) is 2.28. The number of hydrogen-bond acceptors (Lipinski definition) is 3. The third-order valence-electron chi connectivity index (χ3n) is 2.82. The van der Waals surface area contributed by atoms with Crippen molar-refractivity contribution in [1.29, 1.82) is 5.26 Å². The van der Waals surface area contributed by atoms with E-state index in [0.29, 0.717) is 0 Å². The Morgan fingerprint density at radius 1 is 1.44 bits per heavy atom. The summed E-state index contributed by atoms with van der Waals surface area (Å²) in [7, 11) is 2.13. The second-order valence-corrected chi connectivity index (χ2v) is 5.72. The van der Waals surface area contributed by atoms with E-state index in [0.717, 1.165) is 23.9 Å². The van der Waals surface area contributed by atoms with E-state index in [1.807, 2.05) is 6.07 Å². The predicted octanol–water partition coefficient (Wildman–Crippen LogP) is 1.48. The van der Waals surface area contributed by atoms with Crippen molar-refractivity contribution >= 4 is 18.9 Å². The van der Waals surface area contributed by atoms with Crippen molar-refractivity contribution in [2.75, 3.05) is 0 Å². The van der Waals surface area contributed by atoms with E-state index in [1.54, 1.807) is 6.20 Å². The lowest BCUT2D eigenvalue weighted by Crippen LogP contribution is -2.17. The second-order valence-electron chi connectivity index (χ2n) is 5.72. The Hall–Kier alpha value is -1.83. The van der Waals surface area contributed by atoms with Gasteiger partial charge in [-0.25, -0.2) is 9.97 Å². The highest BCUT2D eigenvalue weighted by atomic mass is 15.1. The van der Waals surface area contributed by atoms with Gasteiger partial charge in [-0.1, -0.05) is 20.8 Å². The van der Waals surface area contributed by atoms with Crippen LogP contribution < -0.4 is 0 Å². The van der Waals surface area contributed by atoms with E-state index in [1.165, 1.54) is 5.69 Å². The first-order valence-electron chi connectivity index (χ1n) is 6.20. The molecule has 2 aromatic rings. The van der Waals surface area contributed by atoms with Crippen molar-refractivity contribution in [3.05, 3.63) is 23.8 Å². The number of aromatic nitrogens is 3. The lowest BCUT2D eigenvalue weighted by Gasteiger charge is -2.21. The number of hydrogen-bond donors (Lipinski definition) is 0. The van der Waals surface area contributed by atoms with Gasteiger partial charge < -0.3 is 4.57 Å². The minimum Gasteiger partial charge on any atom is -0.330 e. The van der Waals surface area contributed by atoms with E-state index in [4.69, 9.17) is 5.26 Å². The van der Waals surface area contributed by atoms with Crippen LogP contribution >= 0.6 is 0 Å². The van der Waals surface area contributed by atoms with Gasteiger partial charge in [0.1, 0.15) is 19.6 Å². The van der Waals surface area contributed by atoms with Gasteiger partial charge in [0.2, 0.25) is 5.82 Å². The van der Waals surface area contributed by atoms with Crippen LogP contribution in [0.4, 0.5) is 0 Å². The molecule has 2 heterocycles. The third kappa shape index (κ3) is 2.38. The van der Waals surface area contributed by atoms with Crippen LogP contribution in [0.25, 0.3) is 11.0 Å². The summed E-state index contributed by atoms with van der Waals surface area (Å²) >= 11 is 0. The van der Waals surface area contributed by atoms with E-state index >= 15 is 0 Å². The van der Waals surface area contributed by atoms with Gasteiger partial charge in [-0.2, -0.15) is 5.26 Å². The molecule has 0 bridgehead atoms. The van der Waals surface area contributed by atoms with Crippen molar-refractivity contribution in [2.45, 2.75) is 33.6 Å². The van der Waals surface area contributed by atoms with Gasteiger partial charge >= 0.3 is 0 Å². The lowest BCUT2D eigenvalue weighted by molar-refractivity contribution is 0.345. The van der Waals surface area contributed by atoms with Crippen LogP contribution in [0.15, 0.2) is 12.3 Å². The van der Waals surface area contributed by atoms with E-state index in [9.17, 15) is 0 Å². The van der Waals surface area contributed by atoms with Gasteiger partial charge in [-0.05, 0) is 17.8 Å². The molecule has 2 aromatic heterocycles. The van der Waals surface area contributed by atoms with Crippen molar-refractivity contribution in [3.8, 4) is 6.07 Å². The van der Waals surface area contributed by atoms with Crippen LogP contribution in [0.1, 0.15) is 32.3 Å².